The van der Waals surface area contributed by atoms with Gasteiger partial charge in [0.1, 0.15) is 91.6 Å². The van der Waals surface area contributed by atoms with Gasteiger partial charge in [0.15, 0.2) is 31.5 Å². The van der Waals surface area contributed by atoms with Crippen LogP contribution in [0.1, 0.15) is 120 Å². The van der Waals surface area contributed by atoms with Crippen molar-refractivity contribution in [2.45, 2.75) is 285 Å². The maximum atomic E-state index is 12.4. The Balaban J connectivity index is 0.00000920. The predicted octanol–water partition coefficient (Wildman–Crippen LogP) is -4.25. The summed E-state index contributed by atoms with van der Waals surface area (Å²) in [5.74, 6) is -0.480. The molecule has 8 fully saturated rings. The summed E-state index contributed by atoms with van der Waals surface area (Å²) in [5, 5.41) is 135. The second-order valence-corrected chi connectivity index (χ2v) is 27.1. The van der Waals surface area contributed by atoms with Gasteiger partial charge in [-0.15, -0.1) is 0 Å². The van der Waals surface area contributed by atoms with Gasteiger partial charge in [-0.25, -0.2) is 8.42 Å². The fourth-order valence-electron chi connectivity index (χ4n) is 15.5. The molecular formula is C56H91NaO26S. The van der Waals surface area contributed by atoms with E-state index in [0.29, 0.717) is 25.7 Å². The zero-order valence-corrected chi connectivity index (χ0v) is 52.4. The smallest absolute Gasteiger partial charge is 0.726 e. The van der Waals surface area contributed by atoms with Crippen molar-refractivity contribution in [1.29, 1.82) is 0 Å². The SMILES string of the molecule is CC(C)=CCCC(C)(O)[C@H]1CCC2C3CC(O[C@@H]4OC(C)[C@@H](O)C(O[C@@H]5OC[C@@H](O[C@@H]6OC(C)[C@H](O)C(O)C6O[C@@H]6OC(C)[C@@H](O)C(O)C6O)C(O)C5O[C@@H]5OC(C)[C@@H](O)C(O)C5O)C4O)C4CC(OS(=O)(=O)[O-])CC[C@]4(C)C3=CC[C@@]21C.[Na+]. The molecule has 0 aromatic carbocycles. The summed E-state index contributed by atoms with van der Waals surface area (Å²) >= 11 is 0. The Bertz CT molecular complexity index is 2390. The zero-order chi connectivity index (χ0) is 60.7. The standard InChI is InChI=1S/C56H92O26S.Na/c1-22(2)11-10-16-56(9,68)34-13-12-29-28-20-32(31-19-27(82-83(69,70)71)14-17-54(31,7)30(28)15-18-55(29,34)8)77-51-45(67)46(38(60)26(6)75-51)79-52-47(80-49-43(65)40(62)35(57)23(3)73-49)39(61)33(21-72-52)78-53-48(42(64)37(59)25(5)76-53)81-50-44(66)41(63)36(58)24(4)74-50;/h11,15,23-29,31-53,57-68H,10,12-14,16-21H2,1-9H3,(H,69,70,71);/q;+1/p-1/t23?,24?,25?,26?,27?,28?,29?,31?,32?,33-,34+,35-,36-,37+,38-,39?,40?,41?,42?,43?,44?,45?,46?,47?,48?,49+,50+,51+,52+,53+,54-,55+,56?;/m1./s1. The number of hydrogen-bond donors (Lipinski definition) is 12. The van der Waals surface area contributed by atoms with Crippen LogP contribution in [0.3, 0.4) is 0 Å². The Hall–Kier alpha value is -0.530. The van der Waals surface area contributed by atoms with Crippen LogP contribution in [0.4, 0.5) is 0 Å². The molecular weight excluding hydrogens is 1140 g/mol. The maximum Gasteiger partial charge on any atom is 1.00 e. The molecule has 3 saturated carbocycles. The average Bonchev–Trinajstić information content (AvgIpc) is 1.50. The minimum absolute atomic E-state index is 0. The molecule has 5 aliphatic heterocycles. The molecule has 33 atom stereocenters. The van der Waals surface area contributed by atoms with Gasteiger partial charge >= 0.3 is 29.6 Å². The van der Waals surface area contributed by atoms with Gasteiger partial charge in [0, 0.05) is 0 Å². The van der Waals surface area contributed by atoms with Gasteiger partial charge in [-0.3, -0.25) is 4.18 Å². The van der Waals surface area contributed by atoms with Crippen molar-refractivity contribution in [2.75, 3.05) is 6.61 Å². The number of fused-ring (bicyclic) bond motifs is 5. The van der Waals surface area contributed by atoms with E-state index in [2.05, 4.69) is 26.0 Å². The Labute approximate surface area is 512 Å². The quantitative estimate of drug-likeness (QED) is 0.0301. The van der Waals surface area contributed by atoms with Crippen molar-refractivity contribution in [3.63, 3.8) is 0 Å². The number of aliphatic hydroxyl groups is 12. The summed E-state index contributed by atoms with van der Waals surface area (Å²) in [6, 6.07) is 0. The first kappa shape index (κ1) is 69.4. The van der Waals surface area contributed by atoms with Crippen LogP contribution in [0, 0.1) is 34.5 Å². The minimum atomic E-state index is -5.10. The normalized spacial score (nSPS) is 51.5. The van der Waals surface area contributed by atoms with Crippen LogP contribution < -0.4 is 29.6 Å². The van der Waals surface area contributed by atoms with E-state index in [0.717, 1.165) is 19.3 Å². The van der Waals surface area contributed by atoms with Gasteiger partial charge in [0.05, 0.1) is 48.8 Å². The number of ether oxygens (including phenoxy) is 10. The molecule has 0 spiro atoms. The van der Waals surface area contributed by atoms with Crippen molar-refractivity contribution < 1.29 is 155 Å². The van der Waals surface area contributed by atoms with E-state index in [-0.39, 0.29) is 65.6 Å². The Morgan fingerprint density at radius 2 is 1.14 bits per heavy atom. The van der Waals surface area contributed by atoms with Crippen LogP contribution in [0.2, 0.25) is 0 Å². The molecule has 9 rings (SSSR count). The third-order valence-electron chi connectivity index (χ3n) is 20.3. The number of allylic oxidation sites excluding steroid dienone is 4. The molecule has 9 aliphatic rings. The molecule has 5 saturated heterocycles. The van der Waals surface area contributed by atoms with Crippen LogP contribution in [0.15, 0.2) is 23.3 Å². The molecule has 5 heterocycles. The van der Waals surface area contributed by atoms with Crippen LogP contribution in [-0.2, 0) is 62.0 Å². The van der Waals surface area contributed by atoms with E-state index in [4.69, 9.17) is 51.6 Å². The zero-order valence-electron chi connectivity index (χ0n) is 49.5. The van der Waals surface area contributed by atoms with E-state index in [1.54, 1.807) is 0 Å². The predicted molar refractivity (Wildman–Crippen MR) is 282 cm³/mol. The summed E-state index contributed by atoms with van der Waals surface area (Å²) in [6.45, 7) is 15.5. The third kappa shape index (κ3) is 13.8. The number of hydrogen-bond acceptors (Lipinski definition) is 26. The first-order valence-corrected chi connectivity index (χ1v) is 30.8. The summed E-state index contributed by atoms with van der Waals surface area (Å²) in [7, 11) is -5.10. The molecule has 26 nitrogen and oxygen atoms in total. The first-order valence-electron chi connectivity index (χ1n) is 29.5. The second-order valence-electron chi connectivity index (χ2n) is 26.1. The molecule has 0 aromatic rings. The van der Waals surface area contributed by atoms with E-state index >= 15 is 0 Å². The summed E-state index contributed by atoms with van der Waals surface area (Å²) in [6.07, 6.45) is -31.5. The van der Waals surface area contributed by atoms with Crippen molar-refractivity contribution in [3.05, 3.63) is 23.3 Å². The fraction of sp³-hybridized carbons (Fsp3) is 0.929. The molecule has 0 radical (unpaired) electrons. The van der Waals surface area contributed by atoms with Gasteiger partial charge in [0.2, 0.25) is 10.4 Å². The van der Waals surface area contributed by atoms with Crippen LogP contribution in [-0.4, -0.2) is 246 Å². The molecule has 0 amide bonds. The fourth-order valence-corrected chi connectivity index (χ4v) is 16.0. The molecule has 4 aliphatic carbocycles. The molecule has 84 heavy (non-hydrogen) atoms. The Morgan fingerprint density at radius 3 is 1.71 bits per heavy atom. The third-order valence-corrected chi connectivity index (χ3v) is 20.8. The van der Waals surface area contributed by atoms with Crippen molar-refractivity contribution in [2.24, 2.45) is 34.5 Å². The molecule has 478 valence electrons. The Morgan fingerprint density at radius 1 is 0.631 bits per heavy atom. The minimum Gasteiger partial charge on any atom is -0.726 e. The van der Waals surface area contributed by atoms with Crippen LogP contribution >= 0.6 is 0 Å². The Kier molecular flexibility index (Phi) is 22.3. The topological polar surface area (TPSA) is 401 Å². The van der Waals surface area contributed by atoms with E-state index in [9.17, 15) is 74.2 Å². The molecule has 20 unspecified atom stereocenters. The molecule has 28 heteroatoms. The van der Waals surface area contributed by atoms with E-state index in [1.165, 1.54) is 38.8 Å². The monoisotopic (exact) mass is 1230 g/mol. The second kappa shape index (κ2) is 27.0. The number of rotatable bonds is 16. The number of aliphatic hydroxyl groups excluding tert-OH is 11. The van der Waals surface area contributed by atoms with Gasteiger partial charge in [-0.1, -0.05) is 37.1 Å². The van der Waals surface area contributed by atoms with E-state index in [1.807, 2.05) is 20.8 Å². The van der Waals surface area contributed by atoms with Crippen LogP contribution in [0.5, 0.6) is 0 Å². The summed E-state index contributed by atoms with van der Waals surface area (Å²) < 4.78 is 103. The van der Waals surface area contributed by atoms with Crippen molar-refractivity contribution in [3.8, 4) is 0 Å². The largest absolute Gasteiger partial charge is 1.00 e. The van der Waals surface area contributed by atoms with Gasteiger partial charge in [-0.2, -0.15) is 0 Å². The van der Waals surface area contributed by atoms with Gasteiger partial charge < -0.3 is 113 Å². The maximum absolute atomic E-state index is 12.4. The van der Waals surface area contributed by atoms with E-state index < -0.39 is 194 Å². The molecule has 0 aromatic heterocycles. The van der Waals surface area contributed by atoms with Crippen molar-refractivity contribution in [1.82, 2.24) is 0 Å². The average molecular weight is 1240 g/mol. The van der Waals surface area contributed by atoms with Gasteiger partial charge in [-0.05, 0) is 141 Å². The summed E-state index contributed by atoms with van der Waals surface area (Å²) in [4.78, 5) is 0. The van der Waals surface area contributed by atoms with Crippen molar-refractivity contribution >= 4 is 10.4 Å². The van der Waals surface area contributed by atoms with Gasteiger partial charge in [0.25, 0.3) is 0 Å². The molecule has 0 bridgehead atoms. The first-order chi connectivity index (χ1) is 38.8. The van der Waals surface area contributed by atoms with Crippen LogP contribution in [0.25, 0.3) is 0 Å². The summed E-state index contributed by atoms with van der Waals surface area (Å²) in [5.41, 5.74) is 0.495. The molecule has 12 N–H and O–H groups in total.